The van der Waals surface area contributed by atoms with Crippen LogP contribution in [0.25, 0.3) is 0 Å². The Morgan fingerprint density at radius 2 is 1.77 bits per heavy atom. The number of benzene rings is 2. The summed E-state index contributed by atoms with van der Waals surface area (Å²) in [5.74, 6) is 0.593. The SMILES string of the molecule is COc1ccc(CNC(=O)NCCN2c3cc(F)ccc3N(C)S2(=O)=O)cc1OC. The average Bonchev–Trinajstić information content (AvgIpc) is 2.91. The third-order valence-corrected chi connectivity index (χ3v) is 6.50. The molecule has 2 aromatic carbocycles. The number of nitrogens with zero attached hydrogens (tertiary/aromatic N) is 2. The molecule has 3 rings (SSSR count). The summed E-state index contributed by atoms with van der Waals surface area (Å²) in [6.07, 6.45) is 0. The molecule has 9 nitrogen and oxygen atoms in total. The molecular formula is C19H23FN4O5S. The highest BCUT2D eigenvalue weighted by Gasteiger charge is 2.37. The minimum absolute atomic E-state index is 0.0348. The van der Waals surface area contributed by atoms with Crippen molar-refractivity contribution in [1.29, 1.82) is 0 Å². The number of anilines is 2. The first-order chi connectivity index (χ1) is 14.3. The standard InChI is InChI=1S/C19H23FN4O5S/c1-23-15-6-5-14(20)11-16(15)24(30(23,26)27)9-8-21-19(25)22-12-13-4-7-17(28-2)18(10-13)29-3/h4-7,10-11H,8-9,12H2,1-3H3,(H2,21,22,25). The second kappa shape index (κ2) is 8.66. The molecule has 0 bridgehead atoms. The molecule has 2 aromatic rings. The molecule has 11 heteroatoms. The molecular weight excluding hydrogens is 415 g/mol. The number of carbonyl (C=O) groups excluding carboxylic acids is 1. The quantitative estimate of drug-likeness (QED) is 0.687. The van der Waals surface area contributed by atoms with E-state index in [1.54, 1.807) is 18.2 Å². The largest absolute Gasteiger partial charge is 0.493 e. The Kier molecular flexibility index (Phi) is 6.20. The topological polar surface area (TPSA) is 100 Å². The lowest BCUT2D eigenvalue weighted by molar-refractivity contribution is 0.241. The van der Waals surface area contributed by atoms with Gasteiger partial charge >= 0.3 is 16.2 Å². The maximum absolute atomic E-state index is 13.6. The minimum atomic E-state index is -3.81. The van der Waals surface area contributed by atoms with Gasteiger partial charge in [-0.3, -0.25) is 4.31 Å². The second-order valence-electron chi connectivity index (χ2n) is 6.48. The molecule has 1 aliphatic rings. The zero-order chi connectivity index (χ0) is 21.9. The highest BCUT2D eigenvalue weighted by Crippen LogP contribution is 2.39. The van der Waals surface area contributed by atoms with Crippen LogP contribution in [0.15, 0.2) is 36.4 Å². The van der Waals surface area contributed by atoms with E-state index in [0.717, 1.165) is 20.2 Å². The van der Waals surface area contributed by atoms with Crippen LogP contribution in [0.5, 0.6) is 11.5 Å². The molecule has 0 aromatic heterocycles. The van der Waals surface area contributed by atoms with Crippen LogP contribution < -0.4 is 28.7 Å². The van der Waals surface area contributed by atoms with Crippen LogP contribution in [0.4, 0.5) is 20.6 Å². The normalized spacial score (nSPS) is 14.3. The van der Waals surface area contributed by atoms with Crippen molar-refractivity contribution in [3.8, 4) is 11.5 Å². The predicted molar refractivity (Wildman–Crippen MR) is 111 cm³/mol. The lowest BCUT2D eigenvalue weighted by Gasteiger charge is -2.19. The van der Waals surface area contributed by atoms with Gasteiger partial charge in [0.15, 0.2) is 11.5 Å². The Labute approximate surface area is 174 Å². The number of hydrogen-bond donors (Lipinski definition) is 2. The number of ether oxygens (including phenoxy) is 2. The molecule has 0 fully saturated rings. The summed E-state index contributed by atoms with van der Waals surface area (Å²) in [7, 11) is 0.651. The molecule has 2 N–H and O–H groups in total. The van der Waals surface area contributed by atoms with Crippen molar-refractivity contribution >= 4 is 27.6 Å². The van der Waals surface area contributed by atoms with E-state index in [-0.39, 0.29) is 25.3 Å². The van der Waals surface area contributed by atoms with E-state index in [1.807, 2.05) is 0 Å². The number of nitrogens with one attached hydrogen (secondary N) is 2. The smallest absolute Gasteiger partial charge is 0.326 e. The number of hydrogen-bond acceptors (Lipinski definition) is 5. The fourth-order valence-corrected chi connectivity index (χ4v) is 4.52. The van der Waals surface area contributed by atoms with E-state index in [2.05, 4.69) is 10.6 Å². The maximum atomic E-state index is 13.6. The molecule has 0 unspecified atom stereocenters. The lowest BCUT2D eigenvalue weighted by atomic mass is 10.2. The molecule has 0 saturated carbocycles. The number of rotatable bonds is 7. The van der Waals surface area contributed by atoms with Gasteiger partial charge in [-0.2, -0.15) is 8.42 Å². The number of halogens is 1. The summed E-state index contributed by atoms with van der Waals surface area (Å²) in [6, 6.07) is 8.58. The van der Waals surface area contributed by atoms with Crippen molar-refractivity contribution in [2.24, 2.45) is 0 Å². The minimum Gasteiger partial charge on any atom is -0.493 e. The highest BCUT2D eigenvalue weighted by molar-refractivity contribution is 7.94. The van der Waals surface area contributed by atoms with Crippen LogP contribution in [-0.2, 0) is 16.8 Å². The van der Waals surface area contributed by atoms with Crippen molar-refractivity contribution < 1.29 is 27.1 Å². The fraction of sp³-hybridized carbons (Fsp3) is 0.316. The molecule has 1 aliphatic heterocycles. The van der Waals surface area contributed by atoms with Crippen LogP contribution >= 0.6 is 0 Å². The fourth-order valence-electron chi connectivity index (χ4n) is 3.10. The highest BCUT2D eigenvalue weighted by atomic mass is 32.2. The zero-order valence-corrected chi connectivity index (χ0v) is 17.6. The van der Waals surface area contributed by atoms with E-state index in [9.17, 15) is 17.6 Å². The zero-order valence-electron chi connectivity index (χ0n) is 16.8. The van der Waals surface area contributed by atoms with E-state index in [1.165, 1.54) is 33.4 Å². The number of urea groups is 1. The summed E-state index contributed by atoms with van der Waals surface area (Å²) >= 11 is 0. The van der Waals surface area contributed by atoms with Crippen molar-refractivity contribution in [2.75, 3.05) is 43.0 Å². The second-order valence-corrected chi connectivity index (χ2v) is 8.36. The van der Waals surface area contributed by atoms with Gasteiger partial charge in [0.1, 0.15) is 5.82 Å². The summed E-state index contributed by atoms with van der Waals surface area (Å²) in [5, 5.41) is 5.29. The molecule has 0 aliphatic carbocycles. The van der Waals surface area contributed by atoms with Crippen LogP contribution in [-0.4, -0.2) is 48.8 Å². The van der Waals surface area contributed by atoms with Gasteiger partial charge in [-0.1, -0.05) is 6.07 Å². The van der Waals surface area contributed by atoms with Crippen molar-refractivity contribution in [3.05, 3.63) is 47.8 Å². The van der Waals surface area contributed by atoms with Crippen LogP contribution in [0.1, 0.15) is 5.56 Å². The first kappa shape index (κ1) is 21.5. The van der Waals surface area contributed by atoms with Crippen molar-refractivity contribution in [3.63, 3.8) is 0 Å². The van der Waals surface area contributed by atoms with Gasteiger partial charge in [0.2, 0.25) is 0 Å². The molecule has 0 spiro atoms. The van der Waals surface area contributed by atoms with Gasteiger partial charge in [0.25, 0.3) is 0 Å². The lowest BCUT2D eigenvalue weighted by Crippen LogP contribution is -2.43. The number of fused-ring (bicyclic) bond motifs is 1. The Bertz CT molecular complexity index is 1050. The molecule has 0 radical (unpaired) electrons. The summed E-state index contributed by atoms with van der Waals surface area (Å²) in [4.78, 5) is 12.1. The number of amides is 2. The van der Waals surface area contributed by atoms with E-state index < -0.39 is 22.1 Å². The van der Waals surface area contributed by atoms with E-state index >= 15 is 0 Å². The number of methoxy groups -OCH3 is 2. The van der Waals surface area contributed by atoms with Gasteiger partial charge in [-0.25, -0.2) is 13.5 Å². The van der Waals surface area contributed by atoms with Crippen molar-refractivity contribution in [2.45, 2.75) is 6.54 Å². The summed E-state index contributed by atoms with van der Waals surface area (Å²) < 4.78 is 51.2. The monoisotopic (exact) mass is 438 g/mol. The molecule has 30 heavy (non-hydrogen) atoms. The summed E-state index contributed by atoms with van der Waals surface area (Å²) in [6.45, 7) is 0.249. The van der Waals surface area contributed by atoms with Gasteiger partial charge in [-0.15, -0.1) is 0 Å². The Morgan fingerprint density at radius 1 is 1.03 bits per heavy atom. The third-order valence-electron chi connectivity index (χ3n) is 4.67. The molecule has 1 heterocycles. The first-order valence-corrected chi connectivity index (χ1v) is 10.5. The van der Waals surface area contributed by atoms with Crippen LogP contribution in [0.2, 0.25) is 0 Å². The average molecular weight is 438 g/mol. The molecule has 162 valence electrons. The van der Waals surface area contributed by atoms with Gasteiger partial charge in [0, 0.05) is 26.2 Å². The molecule has 0 saturated heterocycles. The Hall–Kier alpha value is -3.21. The first-order valence-electron chi connectivity index (χ1n) is 9.06. The van der Waals surface area contributed by atoms with Gasteiger partial charge < -0.3 is 20.1 Å². The van der Waals surface area contributed by atoms with E-state index in [4.69, 9.17) is 9.47 Å². The summed E-state index contributed by atoms with van der Waals surface area (Å²) in [5.41, 5.74) is 1.43. The molecule has 0 atom stereocenters. The Morgan fingerprint density at radius 3 is 2.47 bits per heavy atom. The van der Waals surface area contributed by atoms with Gasteiger partial charge in [-0.05, 0) is 29.8 Å². The van der Waals surface area contributed by atoms with E-state index in [0.29, 0.717) is 17.2 Å². The van der Waals surface area contributed by atoms with Crippen LogP contribution in [0.3, 0.4) is 0 Å². The van der Waals surface area contributed by atoms with Crippen LogP contribution in [0, 0.1) is 5.82 Å². The molecule has 2 amide bonds. The van der Waals surface area contributed by atoms with Crippen molar-refractivity contribution in [1.82, 2.24) is 10.6 Å². The number of carbonyl (C=O) groups is 1. The third kappa shape index (κ3) is 4.20. The Balaban J connectivity index is 1.56. The maximum Gasteiger partial charge on any atom is 0.326 e. The predicted octanol–water partition coefficient (Wildman–Crippen LogP) is 1.84. The van der Waals surface area contributed by atoms with Gasteiger partial charge in [0.05, 0.1) is 32.1 Å².